The maximum Gasteiger partial charge on any atom is 0.318 e. The van der Waals surface area contributed by atoms with E-state index in [1.165, 1.54) is 16.2 Å². The Morgan fingerprint density at radius 3 is 2.58 bits per heavy atom. The van der Waals surface area contributed by atoms with Gasteiger partial charge >= 0.3 is 6.03 Å². The molecule has 8 heteroatoms. The number of hydrogen-bond acceptors (Lipinski definition) is 5. The number of carbonyl (C=O) groups is 2. The van der Waals surface area contributed by atoms with Crippen LogP contribution < -0.4 is 5.32 Å². The number of carbonyl (C=O) groups excluding carboxylic acids is 2. The van der Waals surface area contributed by atoms with Gasteiger partial charge < -0.3 is 19.6 Å². The first-order valence-electron chi connectivity index (χ1n) is 5.93. The Morgan fingerprint density at radius 1 is 1.42 bits per heavy atom. The summed E-state index contributed by atoms with van der Waals surface area (Å²) in [5.74, 6) is 0.272. The summed E-state index contributed by atoms with van der Waals surface area (Å²) in [5, 5.41) is 6.29. The van der Waals surface area contributed by atoms with E-state index in [9.17, 15) is 9.59 Å². The van der Waals surface area contributed by atoms with Crippen LogP contribution in [0.3, 0.4) is 0 Å². The van der Waals surface area contributed by atoms with Crippen molar-refractivity contribution in [3.05, 3.63) is 12.2 Å². The lowest BCUT2D eigenvalue weighted by molar-refractivity contribution is -0.130. The van der Waals surface area contributed by atoms with Crippen LogP contribution in [0.5, 0.6) is 0 Å². The van der Waals surface area contributed by atoms with Crippen molar-refractivity contribution in [2.24, 2.45) is 0 Å². The molecule has 0 saturated carbocycles. The quantitative estimate of drug-likeness (QED) is 0.817. The maximum atomic E-state index is 11.9. The molecule has 0 bridgehead atoms. The zero-order valence-electron chi connectivity index (χ0n) is 11.6. The van der Waals surface area contributed by atoms with Gasteiger partial charge in [0.25, 0.3) is 0 Å². The fourth-order valence-electron chi connectivity index (χ4n) is 1.46. The zero-order chi connectivity index (χ0) is 14.4. The van der Waals surface area contributed by atoms with Gasteiger partial charge in [-0.15, -0.1) is 0 Å². The largest absolute Gasteiger partial charge is 0.347 e. The van der Waals surface area contributed by atoms with E-state index in [0.717, 1.165) is 0 Å². The van der Waals surface area contributed by atoms with E-state index < -0.39 is 6.04 Å². The molecule has 0 aliphatic heterocycles. The maximum absolute atomic E-state index is 11.9. The molecule has 1 atom stereocenters. The number of rotatable bonds is 5. The van der Waals surface area contributed by atoms with Crippen molar-refractivity contribution < 1.29 is 14.1 Å². The summed E-state index contributed by atoms with van der Waals surface area (Å²) in [6.07, 6.45) is 1.73. The van der Waals surface area contributed by atoms with E-state index in [1.54, 1.807) is 21.1 Å². The molecule has 1 rings (SSSR count). The lowest BCUT2D eigenvalue weighted by Gasteiger charge is -2.23. The number of aromatic nitrogens is 2. The van der Waals surface area contributed by atoms with Gasteiger partial charge in [0.2, 0.25) is 12.3 Å². The molecule has 8 nitrogen and oxygen atoms in total. The summed E-state index contributed by atoms with van der Waals surface area (Å²) in [6, 6.07) is -0.887. The lowest BCUT2D eigenvalue weighted by atomic mass is 10.2. The highest BCUT2D eigenvalue weighted by atomic mass is 16.5. The molecule has 0 saturated heterocycles. The minimum absolute atomic E-state index is 0.135. The average Bonchev–Trinajstić information content (AvgIpc) is 2.87. The Labute approximate surface area is 111 Å². The molecule has 1 heterocycles. The standard InChI is InChI=1S/C11H19N5O3/c1-5-8(10(17)15(2)3)13-11(18)16(4)6-9-12-7-19-14-9/h7-8H,5-6H2,1-4H3,(H,13,18). The molecule has 0 aromatic carbocycles. The van der Waals surface area contributed by atoms with E-state index in [4.69, 9.17) is 0 Å². The Morgan fingerprint density at radius 2 is 2.11 bits per heavy atom. The summed E-state index contributed by atoms with van der Waals surface area (Å²) in [7, 11) is 4.90. The van der Waals surface area contributed by atoms with Crippen LogP contribution in [-0.2, 0) is 11.3 Å². The normalized spacial score (nSPS) is 11.8. The van der Waals surface area contributed by atoms with Gasteiger partial charge in [-0.2, -0.15) is 4.98 Å². The minimum atomic E-state index is -0.532. The van der Waals surface area contributed by atoms with Gasteiger partial charge in [0.1, 0.15) is 6.04 Å². The summed E-state index contributed by atoms with van der Waals surface area (Å²) < 4.78 is 4.59. The average molecular weight is 269 g/mol. The Hall–Kier alpha value is -2.12. The summed E-state index contributed by atoms with van der Waals surface area (Å²) in [6.45, 7) is 2.06. The molecule has 1 aromatic rings. The highest BCUT2D eigenvalue weighted by molar-refractivity contribution is 5.86. The number of nitrogens with zero attached hydrogens (tertiary/aromatic N) is 4. The third-order valence-corrected chi connectivity index (χ3v) is 2.58. The van der Waals surface area contributed by atoms with Gasteiger partial charge in [0, 0.05) is 21.1 Å². The number of amides is 3. The van der Waals surface area contributed by atoms with Crippen LogP contribution in [-0.4, -0.2) is 59.1 Å². The minimum Gasteiger partial charge on any atom is -0.347 e. The molecule has 0 aliphatic rings. The van der Waals surface area contributed by atoms with Gasteiger partial charge in [0.15, 0.2) is 5.82 Å². The van der Waals surface area contributed by atoms with Crippen LogP contribution in [0.1, 0.15) is 19.2 Å². The summed E-state index contributed by atoms with van der Waals surface area (Å²) in [5.41, 5.74) is 0. The molecule has 1 unspecified atom stereocenters. The summed E-state index contributed by atoms with van der Waals surface area (Å²) >= 11 is 0. The van der Waals surface area contributed by atoms with E-state index in [1.807, 2.05) is 6.92 Å². The second-order valence-electron chi connectivity index (χ2n) is 4.35. The Bertz CT molecular complexity index is 418. The molecule has 3 amide bonds. The third kappa shape index (κ3) is 4.23. The van der Waals surface area contributed by atoms with Crippen molar-refractivity contribution >= 4 is 11.9 Å². The Balaban J connectivity index is 2.54. The highest BCUT2D eigenvalue weighted by Crippen LogP contribution is 2.00. The van der Waals surface area contributed by atoms with E-state index in [-0.39, 0.29) is 18.5 Å². The van der Waals surface area contributed by atoms with Crippen molar-refractivity contribution in [3.8, 4) is 0 Å². The van der Waals surface area contributed by atoms with E-state index >= 15 is 0 Å². The molecule has 1 aromatic heterocycles. The van der Waals surface area contributed by atoms with Crippen molar-refractivity contribution in [1.82, 2.24) is 25.3 Å². The van der Waals surface area contributed by atoms with Gasteiger partial charge in [-0.3, -0.25) is 4.79 Å². The third-order valence-electron chi connectivity index (χ3n) is 2.58. The molecule has 0 fully saturated rings. The topological polar surface area (TPSA) is 91.6 Å². The van der Waals surface area contributed by atoms with Crippen LogP contribution in [0, 0.1) is 0 Å². The van der Waals surface area contributed by atoms with Crippen molar-refractivity contribution in [1.29, 1.82) is 0 Å². The molecule has 0 radical (unpaired) electrons. The fourth-order valence-corrected chi connectivity index (χ4v) is 1.46. The highest BCUT2D eigenvalue weighted by Gasteiger charge is 2.22. The second-order valence-corrected chi connectivity index (χ2v) is 4.35. The zero-order valence-corrected chi connectivity index (χ0v) is 11.6. The van der Waals surface area contributed by atoms with Crippen molar-refractivity contribution in [3.63, 3.8) is 0 Å². The first kappa shape index (κ1) is 14.9. The van der Waals surface area contributed by atoms with Crippen LogP contribution in [0.25, 0.3) is 0 Å². The number of likely N-dealkylation sites (N-methyl/N-ethyl adjacent to an activating group) is 1. The number of nitrogens with one attached hydrogen (secondary N) is 1. The van der Waals surface area contributed by atoms with Crippen LogP contribution in [0.15, 0.2) is 10.9 Å². The molecule has 106 valence electrons. The monoisotopic (exact) mass is 269 g/mol. The van der Waals surface area contributed by atoms with Crippen molar-refractivity contribution in [2.75, 3.05) is 21.1 Å². The van der Waals surface area contributed by atoms with E-state index in [0.29, 0.717) is 12.2 Å². The Kier molecular flexibility index (Phi) is 5.28. The van der Waals surface area contributed by atoms with Gasteiger partial charge in [-0.1, -0.05) is 12.1 Å². The fraction of sp³-hybridized carbons (Fsp3) is 0.636. The molecule has 19 heavy (non-hydrogen) atoms. The smallest absolute Gasteiger partial charge is 0.318 e. The predicted octanol–water partition coefficient (Wildman–Crippen LogP) is 0.0778. The van der Waals surface area contributed by atoms with Gasteiger partial charge in [0.05, 0.1) is 6.54 Å². The molecular weight excluding hydrogens is 250 g/mol. The van der Waals surface area contributed by atoms with Crippen LogP contribution >= 0.6 is 0 Å². The molecular formula is C11H19N5O3. The predicted molar refractivity (Wildman–Crippen MR) is 67.1 cm³/mol. The van der Waals surface area contributed by atoms with E-state index in [2.05, 4.69) is 20.0 Å². The number of hydrogen-bond donors (Lipinski definition) is 1. The first-order chi connectivity index (χ1) is 8.95. The van der Waals surface area contributed by atoms with Crippen LogP contribution in [0.4, 0.5) is 4.79 Å². The summed E-state index contributed by atoms with van der Waals surface area (Å²) in [4.78, 5) is 30.4. The SMILES string of the molecule is CCC(NC(=O)N(C)Cc1ncon1)C(=O)N(C)C. The second kappa shape index (κ2) is 6.72. The van der Waals surface area contributed by atoms with Gasteiger partial charge in [-0.05, 0) is 6.42 Å². The van der Waals surface area contributed by atoms with Crippen LogP contribution in [0.2, 0.25) is 0 Å². The van der Waals surface area contributed by atoms with Gasteiger partial charge in [-0.25, -0.2) is 4.79 Å². The lowest BCUT2D eigenvalue weighted by Crippen LogP contribution is -2.49. The number of urea groups is 1. The molecule has 1 N–H and O–H groups in total. The molecule has 0 aliphatic carbocycles. The molecule has 0 spiro atoms. The van der Waals surface area contributed by atoms with Crippen molar-refractivity contribution in [2.45, 2.75) is 25.9 Å². The first-order valence-corrected chi connectivity index (χ1v) is 5.93.